The van der Waals surface area contributed by atoms with E-state index < -0.39 is 17.9 Å². The molecule has 0 radical (unpaired) electrons. The molecule has 1 N–H and O–H groups in total. The minimum atomic E-state index is -1.35. The summed E-state index contributed by atoms with van der Waals surface area (Å²) in [5, 5.41) is 13.0. The van der Waals surface area contributed by atoms with Gasteiger partial charge in [0.2, 0.25) is 0 Å². The number of rotatable bonds is 5. The lowest BCUT2D eigenvalue weighted by atomic mass is 10.3. The first-order chi connectivity index (χ1) is 8.00. The van der Waals surface area contributed by atoms with Gasteiger partial charge in [0.15, 0.2) is 6.61 Å². The maximum atomic E-state index is 11.3. The molecule has 92 valence electrons. The number of carboxylic acids is 1. The second-order valence-electron chi connectivity index (χ2n) is 3.33. The van der Waals surface area contributed by atoms with Crippen molar-refractivity contribution in [2.45, 2.75) is 13.0 Å². The van der Waals surface area contributed by atoms with Crippen LogP contribution in [0.2, 0.25) is 5.02 Å². The fourth-order valence-electron chi connectivity index (χ4n) is 1.05. The first kappa shape index (κ1) is 13.3. The Balaban J connectivity index is 2.44. The Morgan fingerprint density at radius 1 is 1.47 bits per heavy atom. The third kappa shape index (κ3) is 4.32. The number of benzene rings is 1. The summed E-state index contributed by atoms with van der Waals surface area (Å²) in [5.41, 5.74) is 0. The molecule has 0 saturated carbocycles. The van der Waals surface area contributed by atoms with Crippen molar-refractivity contribution < 1.29 is 19.4 Å². The third-order valence-corrected chi connectivity index (χ3v) is 2.24. The average Bonchev–Trinajstić information content (AvgIpc) is 2.27. The van der Waals surface area contributed by atoms with Gasteiger partial charge in [-0.05, 0) is 19.1 Å². The van der Waals surface area contributed by atoms with E-state index in [9.17, 15) is 14.7 Å². The highest BCUT2D eigenvalue weighted by Crippen LogP contribution is 2.22. The molecule has 0 aromatic heterocycles. The maximum absolute atomic E-state index is 11.3. The van der Waals surface area contributed by atoms with E-state index in [2.05, 4.69) is 5.32 Å². The minimum Gasteiger partial charge on any atom is -0.548 e. The molecule has 0 aliphatic heterocycles. The molecular weight excluding hydrogens is 246 g/mol. The van der Waals surface area contributed by atoms with Gasteiger partial charge in [-0.15, -0.1) is 0 Å². The number of halogens is 1. The van der Waals surface area contributed by atoms with E-state index in [1.165, 1.54) is 6.92 Å². The summed E-state index contributed by atoms with van der Waals surface area (Å²) in [6.45, 7) is 1.00. The molecular formula is C11H11ClNO4-. The molecule has 1 aromatic carbocycles. The predicted molar refractivity (Wildman–Crippen MR) is 59.6 cm³/mol. The summed E-state index contributed by atoms with van der Waals surface area (Å²) < 4.78 is 5.12. The van der Waals surface area contributed by atoms with E-state index in [1.54, 1.807) is 24.3 Å². The Hall–Kier alpha value is -1.75. The fraction of sp³-hybridized carbons (Fsp3) is 0.273. The van der Waals surface area contributed by atoms with Crippen LogP contribution in [-0.4, -0.2) is 24.5 Å². The maximum Gasteiger partial charge on any atom is 0.258 e. The van der Waals surface area contributed by atoms with Gasteiger partial charge in [0.05, 0.1) is 17.0 Å². The highest BCUT2D eigenvalue weighted by Gasteiger charge is 2.09. The van der Waals surface area contributed by atoms with E-state index in [0.717, 1.165) is 0 Å². The molecule has 1 atom stereocenters. The molecule has 0 heterocycles. The monoisotopic (exact) mass is 256 g/mol. The van der Waals surface area contributed by atoms with Crippen molar-refractivity contribution >= 4 is 23.5 Å². The first-order valence-corrected chi connectivity index (χ1v) is 5.26. The van der Waals surface area contributed by atoms with Crippen LogP contribution < -0.4 is 15.2 Å². The average molecular weight is 257 g/mol. The second kappa shape index (κ2) is 6.10. The Labute approximate surface area is 103 Å². The zero-order valence-electron chi connectivity index (χ0n) is 9.10. The number of nitrogens with one attached hydrogen (secondary N) is 1. The lowest BCUT2D eigenvalue weighted by Crippen LogP contribution is -2.47. The zero-order chi connectivity index (χ0) is 12.8. The van der Waals surface area contributed by atoms with Gasteiger partial charge < -0.3 is 20.0 Å². The third-order valence-electron chi connectivity index (χ3n) is 1.93. The number of aliphatic carboxylic acids is 1. The van der Waals surface area contributed by atoms with Crippen molar-refractivity contribution in [3.63, 3.8) is 0 Å². The van der Waals surface area contributed by atoms with Crippen molar-refractivity contribution in [2.75, 3.05) is 6.61 Å². The van der Waals surface area contributed by atoms with E-state index >= 15 is 0 Å². The Morgan fingerprint density at radius 3 is 2.71 bits per heavy atom. The summed E-state index contributed by atoms with van der Waals surface area (Å²) in [5.74, 6) is -1.54. The summed E-state index contributed by atoms with van der Waals surface area (Å²) in [6.07, 6.45) is 0. The number of para-hydroxylation sites is 1. The van der Waals surface area contributed by atoms with Crippen LogP contribution in [0.1, 0.15) is 6.92 Å². The zero-order valence-corrected chi connectivity index (χ0v) is 9.86. The molecule has 0 bridgehead atoms. The second-order valence-corrected chi connectivity index (χ2v) is 3.73. The van der Waals surface area contributed by atoms with Gasteiger partial charge in [0.25, 0.3) is 5.91 Å². The molecule has 0 aliphatic rings. The number of amides is 1. The van der Waals surface area contributed by atoms with Crippen molar-refractivity contribution in [3.8, 4) is 5.75 Å². The van der Waals surface area contributed by atoms with Crippen LogP contribution in [0.3, 0.4) is 0 Å². The standard InChI is InChI=1S/C11H12ClNO4/c1-7(11(15)16)13-10(14)6-17-9-5-3-2-4-8(9)12/h2-5,7H,6H2,1H3,(H,13,14)(H,15,16)/p-1/t7-/m0/s1. The highest BCUT2D eigenvalue weighted by atomic mass is 35.5. The van der Waals surface area contributed by atoms with Gasteiger partial charge in [-0.1, -0.05) is 23.7 Å². The fourth-order valence-corrected chi connectivity index (χ4v) is 1.24. The normalized spacial score (nSPS) is 11.6. The van der Waals surface area contributed by atoms with Crippen LogP contribution in [0.25, 0.3) is 0 Å². The van der Waals surface area contributed by atoms with Crippen LogP contribution >= 0.6 is 11.6 Å². The van der Waals surface area contributed by atoms with Crippen molar-refractivity contribution in [2.24, 2.45) is 0 Å². The topological polar surface area (TPSA) is 78.5 Å². The molecule has 1 amide bonds. The van der Waals surface area contributed by atoms with E-state index in [1.807, 2.05) is 0 Å². The largest absolute Gasteiger partial charge is 0.548 e. The number of carboxylic acid groups (broad SMARTS) is 1. The van der Waals surface area contributed by atoms with Crippen LogP contribution in [0.5, 0.6) is 5.75 Å². The minimum absolute atomic E-state index is 0.304. The van der Waals surface area contributed by atoms with Gasteiger partial charge in [-0.3, -0.25) is 4.79 Å². The van der Waals surface area contributed by atoms with E-state index in [4.69, 9.17) is 16.3 Å². The van der Waals surface area contributed by atoms with Crippen molar-refractivity contribution in [1.82, 2.24) is 5.32 Å². The smallest absolute Gasteiger partial charge is 0.258 e. The Morgan fingerprint density at radius 2 is 2.12 bits per heavy atom. The molecule has 0 fully saturated rings. The molecule has 17 heavy (non-hydrogen) atoms. The Kier molecular flexibility index (Phi) is 4.78. The molecule has 5 nitrogen and oxygen atoms in total. The predicted octanol–water partition coefficient (Wildman–Crippen LogP) is -0.0266. The molecule has 0 spiro atoms. The van der Waals surface area contributed by atoms with E-state index in [0.29, 0.717) is 10.8 Å². The molecule has 1 aromatic rings. The molecule has 1 rings (SSSR count). The van der Waals surface area contributed by atoms with Crippen LogP contribution in [0.4, 0.5) is 0 Å². The number of hydrogen-bond acceptors (Lipinski definition) is 4. The quantitative estimate of drug-likeness (QED) is 0.803. The highest BCUT2D eigenvalue weighted by molar-refractivity contribution is 6.32. The summed E-state index contributed by atoms with van der Waals surface area (Å²) in [6, 6.07) is 5.62. The molecule has 0 unspecified atom stereocenters. The van der Waals surface area contributed by atoms with Gasteiger partial charge in [-0.25, -0.2) is 0 Å². The van der Waals surface area contributed by atoms with Crippen LogP contribution in [0, 0.1) is 0 Å². The summed E-state index contributed by atoms with van der Waals surface area (Å²) in [4.78, 5) is 21.6. The molecule has 6 heteroatoms. The van der Waals surface area contributed by atoms with Crippen molar-refractivity contribution in [3.05, 3.63) is 29.3 Å². The molecule has 0 saturated heterocycles. The van der Waals surface area contributed by atoms with Gasteiger partial charge in [0.1, 0.15) is 5.75 Å². The lowest BCUT2D eigenvalue weighted by molar-refractivity contribution is -0.307. The van der Waals surface area contributed by atoms with Crippen molar-refractivity contribution in [1.29, 1.82) is 0 Å². The van der Waals surface area contributed by atoms with Crippen LogP contribution in [-0.2, 0) is 9.59 Å². The first-order valence-electron chi connectivity index (χ1n) is 4.88. The van der Waals surface area contributed by atoms with Gasteiger partial charge in [-0.2, -0.15) is 0 Å². The summed E-state index contributed by atoms with van der Waals surface area (Å²) in [7, 11) is 0. The number of carbonyl (C=O) groups is 2. The number of hydrogen-bond donors (Lipinski definition) is 1. The Bertz CT molecular complexity index is 422. The van der Waals surface area contributed by atoms with Crippen LogP contribution in [0.15, 0.2) is 24.3 Å². The van der Waals surface area contributed by atoms with E-state index in [-0.39, 0.29) is 6.61 Å². The number of ether oxygens (including phenoxy) is 1. The van der Waals surface area contributed by atoms with Gasteiger partial charge >= 0.3 is 0 Å². The lowest BCUT2D eigenvalue weighted by Gasteiger charge is -2.15. The SMILES string of the molecule is C[C@H](NC(=O)COc1ccccc1Cl)C(=O)[O-]. The number of carbonyl (C=O) groups excluding carboxylic acids is 2. The molecule has 0 aliphatic carbocycles. The summed E-state index contributed by atoms with van der Waals surface area (Å²) >= 11 is 5.80. The van der Waals surface area contributed by atoms with Gasteiger partial charge in [0, 0.05) is 0 Å².